The number of hydrogen-bond acceptors (Lipinski definition) is 6. The molecule has 0 saturated carbocycles. The Labute approximate surface area is 169 Å². The number of fused-ring (bicyclic) bond motifs is 1. The molecule has 1 aromatic carbocycles. The van der Waals surface area contributed by atoms with Gasteiger partial charge in [-0.15, -0.1) is 11.8 Å². The predicted octanol–water partition coefficient (Wildman–Crippen LogP) is 4.25. The van der Waals surface area contributed by atoms with E-state index in [9.17, 15) is 4.79 Å². The maximum atomic E-state index is 12.5. The van der Waals surface area contributed by atoms with Crippen molar-refractivity contribution in [3.05, 3.63) is 33.9 Å². The van der Waals surface area contributed by atoms with Gasteiger partial charge in [-0.05, 0) is 48.2 Å². The number of rotatable bonds is 7. The lowest BCUT2D eigenvalue weighted by Crippen LogP contribution is -2.49. The summed E-state index contributed by atoms with van der Waals surface area (Å²) in [6, 6.07) is 5.34. The largest absolute Gasteiger partial charge is 0.470 e. The van der Waals surface area contributed by atoms with Crippen molar-refractivity contribution in [1.29, 1.82) is 0 Å². The van der Waals surface area contributed by atoms with Gasteiger partial charge in [0.1, 0.15) is 12.9 Å². The van der Waals surface area contributed by atoms with Crippen molar-refractivity contribution in [2.75, 3.05) is 13.4 Å². The third-order valence-corrected chi connectivity index (χ3v) is 4.73. The lowest BCUT2D eigenvalue weighted by Gasteiger charge is -2.24. The van der Waals surface area contributed by atoms with E-state index in [2.05, 4.69) is 36.2 Å². The van der Waals surface area contributed by atoms with Gasteiger partial charge in [0.15, 0.2) is 0 Å². The molecule has 1 amide bonds. The maximum absolute atomic E-state index is 12.5. The molecule has 26 heavy (non-hydrogen) atoms. The van der Waals surface area contributed by atoms with Crippen LogP contribution in [-0.4, -0.2) is 41.4 Å². The molecule has 2 aromatic rings. The normalized spacial score (nSPS) is 13.0. The summed E-state index contributed by atoms with van der Waals surface area (Å²) < 4.78 is 6.68. The Bertz CT molecular complexity index is 832. The first-order valence-corrected chi connectivity index (χ1v) is 10.1. The lowest BCUT2D eigenvalue weighted by molar-refractivity contribution is -0.125. The molecule has 1 aromatic heterocycles. The van der Waals surface area contributed by atoms with Gasteiger partial charge in [-0.3, -0.25) is 9.78 Å². The summed E-state index contributed by atoms with van der Waals surface area (Å²) in [4.78, 5) is 21.5. The van der Waals surface area contributed by atoms with Gasteiger partial charge in [0.25, 0.3) is 5.91 Å². The Hall–Kier alpha value is -1.51. The van der Waals surface area contributed by atoms with Gasteiger partial charge in [0.2, 0.25) is 5.44 Å². The van der Waals surface area contributed by atoms with E-state index in [0.717, 1.165) is 9.86 Å². The van der Waals surface area contributed by atoms with Crippen molar-refractivity contribution in [1.82, 2.24) is 10.3 Å². The van der Waals surface area contributed by atoms with Crippen LogP contribution in [0.15, 0.2) is 34.0 Å². The second-order valence-electron chi connectivity index (χ2n) is 5.94. The average molecular weight is 461 g/mol. The number of pyridine rings is 1. The molecular formula is C17H19BrClN3O3S. The molecule has 140 valence electrons. The van der Waals surface area contributed by atoms with Crippen LogP contribution in [0.4, 0.5) is 0 Å². The topological polar surface area (TPSA) is 72.8 Å². The van der Waals surface area contributed by atoms with Crippen molar-refractivity contribution in [2.45, 2.75) is 24.8 Å². The molecule has 0 aliphatic carbocycles. The Morgan fingerprint density at radius 1 is 1.46 bits per heavy atom. The molecule has 2 rings (SSSR count). The summed E-state index contributed by atoms with van der Waals surface area (Å²) in [5, 5.41) is 7.83. The van der Waals surface area contributed by atoms with E-state index in [1.54, 1.807) is 38.4 Å². The number of benzene rings is 1. The highest BCUT2D eigenvalue weighted by Crippen LogP contribution is 2.30. The molecule has 1 N–H and O–H groups in total. The Kier molecular flexibility index (Phi) is 7.14. The fourth-order valence-corrected chi connectivity index (χ4v) is 3.24. The van der Waals surface area contributed by atoms with Gasteiger partial charge >= 0.3 is 0 Å². The minimum atomic E-state index is -0.751. The number of thioether (sulfide) groups is 1. The van der Waals surface area contributed by atoms with Crippen LogP contribution in [0.2, 0.25) is 5.02 Å². The number of carbonyl (C=O) groups excluding carboxylic acids is 1. The van der Waals surface area contributed by atoms with Crippen LogP contribution in [0.3, 0.4) is 0 Å². The first-order valence-electron chi connectivity index (χ1n) is 7.59. The van der Waals surface area contributed by atoms with Gasteiger partial charge < -0.3 is 14.9 Å². The van der Waals surface area contributed by atoms with Crippen LogP contribution in [-0.2, 0) is 9.63 Å². The van der Waals surface area contributed by atoms with E-state index in [1.165, 1.54) is 25.1 Å². The number of oxime groups is 1. The Morgan fingerprint density at radius 2 is 2.19 bits per heavy atom. The lowest BCUT2D eigenvalue weighted by atomic mass is 10.1. The van der Waals surface area contributed by atoms with Crippen LogP contribution in [0, 0.1) is 0 Å². The molecule has 0 saturated heterocycles. The fraction of sp³-hybridized carbons (Fsp3) is 0.353. The predicted molar refractivity (Wildman–Crippen MR) is 110 cm³/mol. The molecule has 0 radical (unpaired) electrons. The molecule has 0 aliphatic heterocycles. The van der Waals surface area contributed by atoms with E-state index in [-0.39, 0.29) is 5.91 Å². The molecule has 0 aliphatic rings. The number of nitrogens with zero attached hydrogens (tertiary/aromatic N) is 2. The Balaban J connectivity index is 2.20. The number of carbonyl (C=O) groups is 1. The third kappa shape index (κ3) is 5.49. The summed E-state index contributed by atoms with van der Waals surface area (Å²) in [5.74, 6) is 0.203. The van der Waals surface area contributed by atoms with Crippen LogP contribution >= 0.6 is 39.3 Å². The summed E-state index contributed by atoms with van der Waals surface area (Å²) >= 11 is 10.9. The Morgan fingerprint density at radius 3 is 2.85 bits per heavy atom. The molecule has 1 atom stereocenters. The monoisotopic (exact) mass is 459 g/mol. The highest BCUT2D eigenvalue weighted by Gasteiger charge is 2.26. The number of hydrogen-bond donors (Lipinski definition) is 1. The number of aromatic nitrogens is 1. The summed E-state index contributed by atoms with van der Waals surface area (Å²) in [6.45, 7) is 3.61. The number of halogens is 2. The highest BCUT2D eigenvalue weighted by molar-refractivity contribution is 9.10. The summed E-state index contributed by atoms with van der Waals surface area (Å²) in [6.07, 6.45) is 4.98. The van der Waals surface area contributed by atoms with Crippen molar-refractivity contribution in [3.63, 3.8) is 0 Å². The van der Waals surface area contributed by atoms with Crippen molar-refractivity contribution >= 4 is 62.3 Å². The standard InChI is InChI=1S/C17H19BrClN3O3S/c1-17(2,9-21-24-3)22-15(23)16(26-4)25-12-6-10-5-11(18)8-20-14(10)13(19)7-12/h5-9,16H,1-4H3,(H,22,23)/b21-9+. The van der Waals surface area contributed by atoms with Gasteiger partial charge in [-0.2, -0.15) is 0 Å². The number of amides is 1. The first kappa shape index (κ1) is 20.8. The highest BCUT2D eigenvalue weighted by atomic mass is 79.9. The zero-order valence-electron chi connectivity index (χ0n) is 14.7. The second-order valence-corrected chi connectivity index (χ2v) is 8.17. The van der Waals surface area contributed by atoms with E-state index < -0.39 is 11.0 Å². The molecule has 1 unspecified atom stereocenters. The minimum absolute atomic E-state index is 0.284. The molecule has 9 heteroatoms. The van der Waals surface area contributed by atoms with Crippen molar-refractivity contribution < 1.29 is 14.4 Å². The zero-order valence-corrected chi connectivity index (χ0v) is 17.9. The molecule has 6 nitrogen and oxygen atoms in total. The number of ether oxygens (including phenoxy) is 1. The van der Waals surface area contributed by atoms with Gasteiger partial charge in [-0.1, -0.05) is 16.8 Å². The average Bonchev–Trinajstić information content (AvgIpc) is 2.57. The smallest absolute Gasteiger partial charge is 0.272 e. The van der Waals surface area contributed by atoms with Gasteiger partial charge in [0.05, 0.1) is 22.3 Å². The molecule has 1 heterocycles. The SMILES string of the molecule is CO/N=C/C(C)(C)NC(=O)C(Oc1cc(Cl)c2ncc(Br)cc2c1)SC. The quantitative estimate of drug-likeness (QED) is 0.380. The summed E-state index contributed by atoms with van der Waals surface area (Å²) in [5.41, 5.74) is -0.761. The first-order chi connectivity index (χ1) is 12.3. The van der Waals surface area contributed by atoms with E-state index in [1.807, 2.05) is 6.07 Å². The minimum Gasteiger partial charge on any atom is -0.470 e. The van der Waals surface area contributed by atoms with E-state index >= 15 is 0 Å². The molecular weight excluding hydrogens is 442 g/mol. The second kappa shape index (κ2) is 8.92. The van der Waals surface area contributed by atoms with E-state index in [4.69, 9.17) is 16.3 Å². The van der Waals surface area contributed by atoms with Crippen LogP contribution in [0.5, 0.6) is 5.75 Å². The van der Waals surface area contributed by atoms with Crippen molar-refractivity contribution in [3.8, 4) is 5.75 Å². The van der Waals surface area contributed by atoms with Gasteiger partial charge in [-0.25, -0.2) is 0 Å². The third-order valence-electron chi connectivity index (χ3n) is 3.27. The fourth-order valence-electron chi connectivity index (χ4n) is 2.15. The van der Waals surface area contributed by atoms with Crippen molar-refractivity contribution in [2.24, 2.45) is 5.16 Å². The molecule has 0 fully saturated rings. The van der Waals surface area contributed by atoms with Gasteiger partial charge in [0, 0.05) is 22.1 Å². The van der Waals surface area contributed by atoms with Crippen LogP contribution in [0.25, 0.3) is 10.9 Å². The number of nitrogens with one attached hydrogen (secondary N) is 1. The zero-order chi connectivity index (χ0) is 19.3. The van der Waals surface area contributed by atoms with E-state index in [0.29, 0.717) is 16.3 Å². The maximum Gasteiger partial charge on any atom is 0.272 e. The van der Waals surface area contributed by atoms with Crippen LogP contribution in [0.1, 0.15) is 13.8 Å². The molecule has 0 bridgehead atoms. The summed E-state index contributed by atoms with van der Waals surface area (Å²) in [7, 11) is 1.44. The van der Waals surface area contributed by atoms with Crippen LogP contribution < -0.4 is 10.1 Å². The molecule has 0 spiro atoms.